The van der Waals surface area contributed by atoms with E-state index in [-0.39, 0.29) is 5.57 Å². The van der Waals surface area contributed by atoms with Crippen LogP contribution in [0.25, 0.3) is 0 Å². The fourth-order valence-electron chi connectivity index (χ4n) is 0.541. The minimum Gasteiger partial charge on any atom is -0.462 e. The molecule has 0 amide bonds. The van der Waals surface area contributed by atoms with Crippen molar-refractivity contribution in [3.63, 3.8) is 0 Å². The molecule has 0 aliphatic rings. The van der Waals surface area contributed by atoms with Gasteiger partial charge in [-0.3, -0.25) is 5.84 Å². The maximum Gasteiger partial charge on any atom is 0.337 e. The van der Waals surface area contributed by atoms with E-state index < -0.39 is 5.97 Å². The number of allylic oxidation sites excluding steroid dienone is 1. The summed E-state index contributed by atoms with van der Waals surface area (Å²) in [4.78, 5) is 11.0. The average molecular weight is 182 g/mol. The molecule has 0 rings (SSSR count). The van der Waals surface area contributed by atoms with E-state index in [1.807, 2.05) is 0 Å². The van der Waals surface area contributed by atoms with Crippen LogP contribution in [0.1, 0.15) is 6.92 Å². The lowest BCUT2D eigenvalue weighted by atomic mass is 10.2. The monoisotopic (exact) mass is 182 g/mol. The van der Waals surface area contributed by atoms with Crippen LogP contribution in [0.5, 0.6) is 0 Å². The predicted molar refractivity (Wildman–Crippen MR) is 51.4 cm³/mol. The minimum absolute atomic E-state index is 0.262. The molecule has 0 unspecified atom stereocenters. The molecule has 0 atom stereocenters. The molecule has 0 spiro atoms. The third-order valence-electron chi connectivity index (χ3n) is 1.21. The summed E-state index contributed by atoms with van der Waals surface area (Å²) in [5, 5.41) is 0. The molecular weight excluding hydrogens is 168 g/mol. The highest BCUT2D eigenvalue weighted by Gasteiger charge is 2.02. The van der Waals surface area contributed by atoms with Gasteiger partial charge in [0.15, 0.2) is 0 Å². The summed E-state index contributed by atoms with van der Waals surface area (Å²) in [5.74, 6) is 4.61. The van der Waals surface area contributed by atoms with Gasteiger partial charge in [0.05, 0.1) is 12.2 Å². The first-order valence-corrected chi connectivity index (χ1v) is 3.81. The van der Waals surface area contributed by atoms with Crippen molar-refractivity contribution in [3.8, 4) is 0 Å². The van der Waals surface area contributed by atoms with E-state index in [1.165, 1.54) is 6.08 Å². The minimum atomic E-state index is -0.441. The van der Waals surface area contributed by atoms with Gasteiger partial charge < -0.3 is 10.2 Å². The second kappa shape index (κ2) is 6.02. The number of esters is 1. The molecule has 0 aromatic carbocycles. The summed E-state index contributed by atoms with van der Waals surface area (Å²) >= 11 is 0. The Morgan fingerprint density at radius 2 is 2.15 bits per heavy atom. The highest BCUT2D eigenvalue weighted by molar-refractivity contribution is 5.90. The first kappa shape index (κ1) is 11.4. The average Bonchev–Trinajstić information content (AvgIpc) is 2.13. The van der Waals surface area contributed by atoms with E-state index in [0.29, 0.717) is 12.3 Å². The maximum atomic E-state index is 11.0. The lowest BCUT2D eigenvalue weighted by Crippen LogP contribution is -2.18. The van der Waals surface area contributed by atoms with Crippen molar-refractivity contribution in [2.24, 2.45) is 5.84 Å². The smallest absolute Gasteiger partial charge is 0.337 e. The first-order chi connectivity index (χ1) is 6.11. The molecule has 0 bridgehead atoms. The normalized spacial score (nSPS) is 9.69. The van der Waals surface area contributed by atoms with Gasteiger partial charge in [0.2, 0.25) is 0 Å². The maximum absolute atomic E-state index is 11.0. The molecule has 0 aliphatic heterocycles. The van der Waals surface area contributed by atoms with Crippen molar-refractivity contribution in [2.75, 3.05) is 6.61 Å². The lowest BCUT2D eigenvalue weighted by molar-refractivity contribution is -0.138. The summed E-state index contributed by atoms with van der Waals surface area (Å²) in [6.45, 7) is 9.11. The van der Waals surface area contributed by atoms with Gasteiger partial charge in [-0.1, -0.05) is 13.2 Å². The van der Waals surface area contributed by atoms with Gasteiger partial charge in [-0.2, -0.15) is 0 Å². The van der Waals surface area contributed by atoms with Crippen molar-refractivity contribution in [2.45, 2.75) is 6.92 Å². The lowest BCUT2D eigenvalue weighted by Gasteiger charge is -2.00. The number of hydrogen-bond acceptors (Lipinski definition) is 4. The number of ether oxygens (including phenoxy) is 1. The number of carbonyl (C=O) groups is 1. The summed E-state index contributed by atoms with van der Waals surface area (Å²) in [5.41, 5.74) is 3.07. The molecular formula is C9H14N2O2. The quantitative estimate of drug-likeness (QED) is 0.215. The number of carbonyl (C=O) groups excluding carboxylic acids is 1. The van der Waals surface area contributed by atoms with Gasteiger partial charge in [0, 0.05) is 5.70 Å². The van der Waals surface area contributed by atoms with Crippen LogP contribution in [0.2, 0.25) is 0 Å². The van der Waals surface area contributed by atoms with Crippen LogP contribution in [0.4, 0.5) is 0 Å². The Bertz CT molecular complexity index is 244. The highest BCUT2D eigenvalue weighted by atomic mass is 16.5. The molecule has 0 heterocycles. The standard InChI is InChI=1S/C9H14N2O2/c1-4-13-9(12)7(2)5-6-8(3)11-10/h5-6,11H,2-4,10H2,1H3/b6-5-. The van der Waals surface area contributed by atoms with Gasteiger partial charge >= 0.3 is 5.97 Å². The van der Waals surface area contributed by atoms with Crippen molar-refractivity contribution >= 4 is 5.97 Å². The van der Waals surface area contributed by atoms with Crippen molar-refractivity contribution in [1.82, 2.24) is 5.43 Å². The predicted octanol–water partition coefficient (Wildman–Crippen LogP) is 0.639. The number of hydrogen-bond donors (Lipinski definition) is 2. The van der Waals surface area contributed by atoms with E-state index >= 15 is 0 Å². The molecule has 0 aromatic rings. The molecule has 0 aromatic heterocycles. The number of nitrogens with two attached hydrogens (primary N) is 1. The molecule has 4 nitrogen and oxygen atoms in total. The number of rotatable bonds is 5. The summed E-state index contributed by atoms with van der Waals surface area (Å²) in [6.07, 6.45) is 3.03. The molecule has 4 heteroatoms. The fourth-order valence-corrected chi connectivity index (χ4v) is 0.541. The van der Waals surface area contributed by atoms with Crippen LogP contribution in [-0.2, 0) is 9.53 Å². The summed E-state index contributed by atoms with van der Waals surface area (Å²) in [6, 6.07) is 0. The van der Waals surface area contributed by atoms with E-state index in [2.05, 4.69) is 18.6 Å². The Morgan fingerprint density at radius 1 is 1.54 bits per heavy atom. The molecule has 72 valence electrons. The Balaban J connectivity index is 4.07. The summed E-state index contributed by atoms with van der Waals surface area (Å²) in [7, 11) is 0. The van der Waals surface area contributed by atoms with Crippen molar-refractivity contribution in [1.29, 1.82) is 0 Å². The second-order valence-corrected chi connectivity index (χ2v) is 2.25. The zero-order valence-corrected chi connectivity index (χ0v) is 7.67. The van der Waals surface area contributed by atoms with Crippen molar-refractivity contribution in [3.05, 3.63) is 36.6 Å². The zero-order chi connectivity index (χ0) is 10.3. The van der Waals surface area contributed by atoms with E-state index in [9.17, 15) is 4.79 Å². The van der Waals surface area contributed by atoms with Gasteiger partial charge in [-0.15, -0.1) is 0 Å². The first-order valence-electron chi connectivity index (χ1n) is 3.81. The highest BCUT2D eigenvalue weighted by Crippen LogP contribution is 1.98. The molecule has 0 fully saturated rings. The Labute approximate surface area is 77.7 Å². The fraction of sp³-hybridized carbons (Fsp3) is 0.222. The molecule has 0 aliphatic carbocycles. The second-order valence-electron chi connectivity index (χ2n) is 2.25. The van der Waals surface area contributed by atoms with Gasteiger partial charge in [-0.05, 0) is 19.1 Å². The number of hydrazine groups is 1. The molecule has 0 saturated heterocycles. The van der Waals surface area contributed by atoms with Gasteiger partial charge in [0.25, 0.3) is 0 Å². The molecule has 3 N–H and O–H groups in total. The van der Waals surface area contributed by atoms with Crippen LogP contribution in [0.3, 0.4) is 0 Å². The van der Waals surface area contributed by atoms with Gasteiger partial charge in [-0.25, -0.2) is 4.79 Å². The Kier molecular flexibility index (Phi) is 5.30. The summed E-state index contributed by atoms with van der Waals surface area (Å²) < 4.78 is 4.70. The van der Waals surface area contributed by atoms with Crippen LogP contribution in [-0.4, -0.2) is 12.6 Å². The van der Waals surface area contributed by atoms with Gasteiger partial charge in [0.1, 0.15) is 0 Å². The number of nitrogens with one attached hydrogen (secondary N) is 1. The van der Waals surface area contributed by atoms with Crippen LogP contribution < -0.4 is 11.3 Å². The van der Waals surface area contributed by atoms with Crippen LogP contribution in [0.15, 0.2) is 36.6 Å². The SMILES string of the molecule is C=C(/C=C\C(=C)C(=O)OCC)NN. The topological polar surface area (TPSA) is 64.3 Å². The van der Waals surface area contributed by atoms with Crippen LogP contribution in [0, 0.1) is 0 Å². The zero-order valence-electron chi connectivity index (χ0n) is 7.67. The Morgan fingerprint density at radius 3 is 2.62 bits per heavy atom. The molecule has 0 radical (unpaired) electrons. The van der Waals surface area contributed by atoms with Crippen LogP contribution >= 0.6 is 0 Å². The van der Waals surface area contributed by atoms with E-state index in [1.54, 1.807) is 13.0 Å². The van der Waals surface area contributed by atoms with Crippen molar-refractivity contribution < 1.29 is 9.53 Å². The third-order valence-corrected chi connectivity index (χ3v) is 1.21. The van der Waals surface area contributed by atoms with E-state index in [4.69, 9.17) is 10.6 Å². The molecule has 13 heavy (non-hydrogen) atoms. The van der Waals surface area contributed by atoms with E-state index in [0.717, 1.165) is 0 Å². The Hall–Kier alpha value is -1.55. The third kappa shape index (κ3) is 4.81. The largest absolute Gasteiger partial charge is 0.462 e. The molecule has 0 saturated carbocycles.